The van der Waals surface area contributed by atoms with Gasteiger partial charge in [0, 0.05) is 10.8 Å². The number of fused-ring (bicyclic) bond motifs is 1. The molecule has 0 aliphatic carbocycles. The number of aliphatic imine (C=N–C) groups is 1. The van der Waals surface area contributed by atoms with Crippen LogP contribution in [0.25, 0.3) is 0 Å². The summed E-state index contributed by atoms with van der Waals surface area (Å²) in [6.07, 6.45) is -4.55. The third-order valence-corrected chi connectivity index (χ3v) is 8.19. The molecule has 0 amide bonds. The number of amidine groups is 1. The van der Waals surface area contributed by atoms with Crippen molar-refractivity contribution in [2.75, 3.05) is 16.4 Å². The Balaban J connectivity index is 1.70. The van der Waals surface area contributed by atoms with Gasteiger partial charge in [-0.1, -0.05) is 47.1 Å². The van der Waals surface area contributed by atoms with E-state index in [0.717, 1.165) is 17.7 Å². The van der Waals surface area contributed by atoms with Crippen LogP contribution in [0.5, 0.6) is 0 Å². The van der Waals surface area contributed by atoms with E-state index in [1.54, 1.807) is 23.1 Å². The normalized spacial score (nSPS) is 22.8. The molecule has 160 valence electrons. The van der Waals surface area contributed by atoms with Crippen molar-refractivity contribution >= 4 is 55.7 Å². The molecule has 2 aliphatic rings. The molecule has 2 aromatic carbocycles. The Bertz CT molecular complexity index is 1120. The number of thioether (sulfide) groups is 1. The first-order chi connectivity index (χ1) is 14.0. The van der Waals surface area contributed by atoms with Gasteiger partial charge in [0.15, 0.2) is 15.0 Å². The smallest absolute Gasteiger partial charge is 0.313 e. The molecule has 1 fully saturated rings. The fraction of sp³-hybridized carbons (Fsp3) is 0.316. The number of sulfone groups is 1. The Morgan fingerprint density at radius 3 is 2.60 bits per heavy atom. The average molecular weight is 495 g/mol. The van der Waals surface area contributed by atoms with Crippen molar-refractivity contribution in [3.8, 4) is 0 Å². The molecule has 0 aromatic heterocycles. The molecule has 0 spiro atoms. The number of hydrogen-bond donors (Lipinski definition) is 0. The van der Waals surface area contributed by atoms with Crippen LogP contribution in [-0.2, 0) is 21.8 Å². The van der Waals surface area contributed by atoms with Crippen LogP contribution in [-0.4, -0.2) is 37.2 Å². The van der Waals surface area contributed by atoms with E-state index in [0.29, 0.717) is 15.9 Å². The summed E-state index contributed by atoms with van der Waals surface area (Å²) in [5.41, 5.74) is 0.161. The third kappa shape index (κ3) is 4.44. The van der Waals surface area contributed by atoms with Gasteiger partial charge in [0.05, 0.1) is 39.9 Å². The fourth-order valence-corrected chi connectivity index (χ4v) is 6.89. The third-order valence-electron chi connectivity index (χ3n) is 4.90. The van der Waals surface area contributed by atoms with Crippen molar-refractivity contribution in [2.45, 2.75) is 24.0 Å². The van der Waals surface area contributed by atoms with E-state index in [-0.39, 0.29) is 22.2 Å². The van der Waals surface area contributed by atoms with E-state index in [9.17, 15) is 21.6 Å². The van der Waals surface area contributed by atoms with Crippen molar-refractivity contribution < 1.29 is 21.6 Å². The summed E-state index contributed by atoms with van der Waals surface area (Å²) in [4.78, 5) is 6.07. The standard InChI is InChI=1S/C19H15Cl2F3N2O2S2/c20-13-3-1-2-11(6-13)8-29-18-25-15-9-30(27,28)10-17(15)26(18)16-7-12(19(22,23)24)4-5-14(16)21/h1-7,15,17H,8-10H2/t15-,17-/m0/s1. The van der Waals surface area contributed by atoms with Gasteiger partial charge in [-0.2, -0.15) is 13.2 Å². The molecule has 0 bridgehead atoms. The van der Waals surface area contributed by atoms with E-state index in [2.05, 4.69) is 4.99 Å². The second-order valence-corrected chi connectivity index (χ2v) is 11.0. The SMILES string of the molecule is O=S1(=O)C[C@@H]2N=C(SCc3cccc(Cl)c3)N(c3cc(C(F)(F)F)ccc3Cl)[C@H]2C1. The lowest BCUT2D eigenvalue weighted by Crippen LogP contribution is -2.39. The number of hydrogen-bond acceptors (Lipinski definition) is 5. The van der Waals surface area contributed by atoms with Gasteiger partial charge in [-0.25, -0.2) is 8.42 Å². The van der Waals surface area contributed by atoms with Crippen LogP contribution >= 0.6 is 35.0 Å². The van der Waals surface area contributed by atoms with Crippen molar-refractivity contribution in [3.63, 3.8) is 0 Å². The first-order valence-corrected chi connectivity index (χ1v) is 12.4. The minimum Gasteiger partial charge on any atom is -0.313 e. The number of alkyl halides is 3. The van der Waals surface area contributed by atoms with Crippen LogP contribution in [0.3, 0.4) is 0 Å². The lowest BCUT2D eigenvalue weighted by Gasteiger charge is -2.28. The van der Waals surface area contributed by atoms with Gasteiger partial charge < -0.3 is 4.90 Å². The second kappa shape index (κ2) is 7.93. The average Bonchev–Trinajstić information content (AvgIpc) is 3.11. The summed E-state index contributed by atoms with van der Waals surface area (Å²) in [6.45, 7) is 0. The van der Waals surface area contributed by atoms with E-state index < -0.39 is 33.7 Å². The minimum atomic E-state index is -4.55. The first-order valence-electron chi connectivity index (χ1n) is 8.85. The largest absolute Gasteiger partial charge is 0.416 e. The monoisotopic (exact) mass is 494 g/mol. The Morgan fingerprint density at radius 2 is 1.90 bits per heavy atom. The molecule has 0 unspecified atom stereocenters. The Kier molecular flexibility index (Phi) is 5.76. The molecule has 0 saturated carbocycles. The molecule has 0 N–H and O–H groups in total. The van der Waals surface area contributed by atoms with Gasteiger partial charge >= 0.3 is 6.18 Å². The number of benzene rings is 2. The predicted molar refractivity (Wildman–Crippen MR) is 115 cm³/mol. The molecule has 1 saturated heterocycles. The van der Waals surface area contributed by atoms with E-state index in [1.165, 1.54) is 17.8 Å². The fourth-order valence-electron chi connectivity index (χ4n) is 3.56. The van der Waals surface area contributed by atoms with Crippen LogP contribution in [0.2, 0.25) is 10.0 Å². The predicted octanol–water partition coefficient (Wildman–Crippen LogP) is 5.29. The van der Waals surface area contributed by atoms with Gasteiger partial charge in [0.2, 0.25) is 0 Å². The number of nitrogens with zero attached hydrogens (tertiary/aromatic N) is 2. The van der Waals surface area contributed by atoms with Crippen LogP contribution < -0.4 is 4.90 Å². The molecule has 2 heterocycles. The van der Waals surface area contributed by atoms with Gasteiger partial charge in [0.1, 0.15) is 0 Å². The van der Waals surface area contributed by atoms with E-state index >= 15 is 0 Å². The first kappa shape index (κ1) is 21.8. The van der Waals surface area contributed by atoms with Crippen molar-refractivity contribution in [1.82, 2.24) is 0 Å². The number of rotatable bonds is 3. The molecule has 30 heavy (non-hydrogen) atoms. The lowest BCUT2D eigenvalue weighted by atomic mass is 10.1. The molecule has 0 radical (unpaired) electrons. The summed E-state index contributed by atoms with van der Waals surface area (Å²) in [5.74, 6) is 0.152. The highest BCUT2D eigenvalue weighted by atomic mass is 35.5. The highest BCUT2D eigenvalue weighted by Crippen LogP contribution is 2.41. The van der Waals surface area contributed by atoms with Crippen LogP contribution in [0.15, 0.2) is 47.5 Å². The quantitative estimate of drug-likeness (QED) is 0.581. The molecular formula is C19H15Cl2F3N2O2S2. The molecule has 2 aromatic rings. The summed E-state index contributed by atoms with van der Waals surface area (Å²) < 4.78 is 64.1. The van der Waals surface area contributed by atoms with E-state index in [1.807, 2.05) is 6.07 Å². The zero-order valence-electron chi connectivity index (χ0n) is 15.2. The molecule has 2 aliphatic heterocycles. The maximum Gasteiger partial charge on any atom is 0.416 e. The van der Waals surface area contributed by atoms with E-state index in [4.69, 9.17) is 23.2 Å². The molecule has 4 nitrogen and oxygen atoms in total. The molecule has 4 rings (SSSR count). The number of anilines is 1. The topological polar surface area (TPSA) is 49.7 Å². The highest BCUT2D eigenvalue weighted by molar-refractivity contribution is 8.13. The second-order valence-electron chi connectivity index (χ2n) is 7.08. The van der Waals surface area contributed by atoms with Crippen molar-refractivity contribution in [3.05, 3.63) is 63.6 Å². The van der Waals surface area contributed by atoms with Crippen LogP contribution in [0.4, 0.5) is 18.9 Å². The van der Waals surface area contributed by atoms with Crippen molar-refractivity contribution in [2.24, 2.45) is 4.99 Å². The summed E-state index contributed by atoms with van der Waals surface area (Å²) >= 11 is 13.6. The van der Waals surface area contributed by atoms with Gasteiger partial charge in [-0.15, -0.1) is 0 Å². The minimum absolute atomic E-state index is 0.101. The van der Waals surface area contributed by atoms with Gasteiger partial charge in [0.25, 0.3) is 0 Å². The maximum atomic E-state index is 13.3. The highest BCUT2D eigenvalue weighted by Gasteiger charge is 2.48. The van der Waals surface area contributed by atoms with Gasteiger partial charge in [-0.3, -0.25) is 4.99 Å². The number of halogens is 5. The van der Waals surface area contributed by atoms with Crippen LogP contribution in [0, 0.1) is 0 Å². The summed E-state index contributed by atoms with van der Waals surface area (Å²) in [6, 6.07) is 9.12. The summed E-state index contributed by atoms with van der Waals surface area (Å²) in [5, 5.41) is 1.12. The molecule has 2 atom stereocenters. The maximum absolute atomic E-state index is 13.3. The zero-order chi connectivity index (χ0) is 21.7. The zero-order valence-corrected chi connectivity index (χ0v) is 18.4. The van der Waals surface area contributed by atoms with Crippen LogP contribution in [0.1, 0.15) is 11.1 Å². The Hall–Kier alpha value is -1.42. The Labute approximate surface area is 186 Å². The Morgan fingerprint density at radius 1 is 1.13 bits per heavy atom. The molecule has 11 heteroatoms. The summed E-state index contributed by atoms with van der Waals surface area (Å²) in [7, 11) is -3.33. The molecular weight excluding hydrogens is 480 g/mol. The lowest BCUT2D eigenvalue weighted by molar-refractivity contribution is -0.137. The van der Waals surface area contributed by atoms with Crippen molar-refractivity contribution in [1.29, 1.82) is 0 Å². The van der Waals surface area contributed by atoms with Gasteiger partial charge in [-0.05, 0) is 35.9 Å².